The first-order chi connectivity index (χ1) is 43.7. The summed E-state index contributed by atoms with van der Waals surface area (Å²) in [6, 6.07) is -1.02. The van der Waals surface area contributed by atoms with Crippen molar-refractivity contribution in [3.8, 4) is 0 Å². The molecule has 11 nitrogen and oxygen atoms in total. The standard InChI is InChI=1S/C78H147NO10/c1-4-7-10-13-16-19-22-24-26-28-30-32-34-36-38-40-42-44-46-48-51-54-57-60-63-66-73(83)89-76-75(85)74(84)72(67-80)88-78(76)87-68-69(70(81)64-61-58-55-52-49-21-18-15-12-9-6-3)79-77(86)71(82)65-62-59-56-53-50-47-45-43-41-39-37-35-33-31-29-27-25-23-20-17-14-11-8-5-2/h24-27,61,64,69-72,74-76,78,80-82,84-85H,4-23,28-60,62-63,65-68H2,1-3H3,(H,79,86)/b26-24+,27-25+,64-61+. The number of aliphatic hydroxyl groups excluding tert-OH is 5. The third-order valence-corrected chi connectivity index (χ3v) is 18.5. The van der Waals surface area contributed by atoms with Gasteiger partial charge in [-0.1, -0.05) is 340 Å². The molecule has 0 aromatic heterocycles. The van der Waals surface area contributed by atoms with Crippen LogP contribution in [-0.2, 0) is 23.8 Å². The van der Waals surface area contributed by atoms with Crippen LogP contribution in [-0.4, -0.2) is 99.6 Å². The molecule has 1 aliphatic rings. The van der Waals surface area contributed by atoms with Gasteiger partial charge in [-0.3, -0.25) is 9.59 Å². The Hall–Kier alpha value is -2.12. The van der Waals surface area contributed by atoms with E-state index in [-0.39, 0.29) is 13.0 Å². The summed E-state index contributed by atoms with van der Waals surface area (Å²) in [5.74, 6) is -1.18. The molecule has 524 valence electrons. The van der Waals surface area contributed by atoms with Crippen molar-refractivity contribution in [3.05, 3.63) is 36.5 Å². The Kier molecular flexibility index (Phi) is 62.9. The van der Waals surface area contributed by atoms with Crippen molar-refractivity contribution < 1.29 is 49.3 Å². The monoisotopic (exact) mass is 1260 g/mol. The van der Waals surface area contributed by atoms with Crippen LogP contribution in [0, 0.1) is 0 Å². The van der Waals surface area contributed by atoms with E-state index < -0.39 is 67.4 Å². The predicted molar refractivity (Wildman–Crippen MR) is 375 cm³/mol. The molecule has 8 unspecified atom stereocenters. The first-order valence-electron chi connectivity index (χ1n) is 38.8. The minimum atomic E-state index is -1.61. The van der Waals surface area contributed by atoms with Gasteiger partial charge in [-0.25, -0.2) is 0 Å². The molecule has 1 heterocycles. The van der Waals surface area contributed by atoms with Crippen molar-refractivity contribution in [2.24, 2.45) is 0 Å². The molecule has 1 rings (SSSR count). The van der Waals surface area contributed by atoms with Gasteiger partial charge in [-0.2, -0.15) is 0 Å². The molecule has 11 heteroatoms. The second-order valence-corrected chi connectivity index (χ2v) is 27.1. The van der Waals surface area contributed by atoms with Gasteiger partial charge < -0.3 is 45.1 Å². The topological polar surface area (TPSA) is 175 Å². The van der Waals surface area contributed by atoms with Crippen molar-refractivity contribution in [2.45, 2.75) is 436 Å². The number of carbonyl (C=O) groups excluding carboxylic acids is 2. The highest BCUT2D eigenvalue weighted by atomic mass is 16.7. The summed E-state index contributed by atoms with van der Waals surface area (Å²) in [7, 11) is 0. The molecule has 89 heavy (non-hydrogen) atoms. The van der Waals surface area contributed by atoms with Crippen LogP contribution in [0.1, 0.15) is 387 Å². The van der Waals surface area contributed by atoms with Crippen LogP contribution in [0.2, 0.25) is 0 Å². The summed E-state index contributed by atoms with van der Waals surface area (Å²) in [6.07, 6.45) is 72.1. The lowest BCUT2D eigenvalue weighted by atomic mass is 9.99. The summed E-state index contributed by atoms with van der Waals surface area (Å²) in [5.41, 5.74) is 0. The zero-order valence-electron chi connectivity index (χ0n) is 58.6. The van der Waals surface area contributed by atoms with E-state index in [2.05, 4.69) is 50.4 Å². The van der Waals surface area contributed by atoms with E-state index in [1.54, 1.807) is 6.08 Å². The number of nitrogens with one attached hydrogen (secondary N) is 1. The average molecular weight is 1260 g/mol. The van der Waals surface area contributed by atoms with Gasteiger partial charge >= 0.3 is 5.97 Å². The number of carbonyl (C=O) groups is 2. The molecule has 0 aromatic rings. The molecule has 6 N–H and O–H groups in total. The fraction of sp³-hybridized carbons (Fsp3) is 0.897. The van der Waals surface area contributed by atoms with Crippen molar-refractivity contribution in [3.63, 3.8) is 0 Å². The third kappa shape index (κ3) is 52.9. The maximum Gasteiger partial charge on any atom is 0.306 e. The minimum Gasteiger partial charge on any atom is -0.454 e. The highest BCUT2D eigenvalue weighted by Gasteiger charge is 2.47. The molecule has 1 saturated heterocycles. The molecule has 0 spiro atoms. The molecule has 8 atom stereocenters. The molecule has 0 aliphatic carbocycles. The van der Waals surface area contributed by atoms with Crippen LogP contribution >= 0.6 is 0 Å². The van der Waals surface area contributed by atoms with E-state index in [0.29, 0.717) is 19.3 Å². The first-order valence-corrected chi connectivity index (χ1v) is 38.8. The largest absolute Gasteiger partial charge is 0.454 e. The Labute approximate surface area is 549 Å². The van der Waals surface area contributed by atoms with Gasteiger partial charge in [0.1, 0.15) is 24.4 Å². The number of allylic oxidation sites excluding steroid dienone is 5. The van der Waals surface area contributed by atoms with Gasteiger partial charge in [-0.05, 0) is 77.0 Å². The van der Waals surface area contributed by atoms with Crippen molar-refractivity contribution in [1.29, 1.82) is 0 Å². The normalized spacial score (nSPS) is 18.2. The highest BCUT2D eigenvalue weighted by Crippen LogP contribution is 2.27. The number of rotatable bonds is 68. The second kappa shape index (κ2) is 65.9. The van der Waals surface area contributed by atoms with Crippen LogP contribution < -0.4 is 5.32 Å². The third-order valence-electron chi connectivity index (χ3n) is 18.5. The van der Waals surface area contributed by atoms with E-state index in [9.17, 15) is 35.1 Å². The zero-order valence-corrected chi connectivity index (χ0v) is 58.6. The SMILES string of the molecule is CCCCCCCC/C=C/CCCCCCCCCCCCCCCCCC(=O)OC1C(OCC(NC(=O)C(O)CCCCCCCCCCCCCCCC/C=C/CCCCCCCC)C(O)/C=C/CCCCCCCCCCC)OC(CO)C(O)C1O. The fourth-order valence-electron chi connectivity index (χ4n) is 12.4. The summed E-state index contributed by atoms with van der Waals surface area (Å²) >= 11 is 0. The van der Waals surface area contributed by atoms with Crippen molar-refractivity contribution >= 4 is 11.9 Å². The number of esters is 1. The summed E-state index contributed by atoms with van der Waals surface area (Å²) in [5, 5.41) is 57.3. The van der Waals surface area contributed by atoms with Crippen LogP contribution in [0.4, 0.5) is 0 Å². The molecule has 0 bridgehead atoms. The quantitative estimate of drug-likeness (QED) is 0.0195. The Morgan fingerprint density at radius 1 is 0.427 bits per heavy atom. The number of hydrogen-bond acceptors (Lipinski definition) is 10. The van der Waals surface area contributed by atoms with Gasteiger partial charge in [-0.15, -0.1) is 0 Å². The molecule has 0 saturated carbocycles. The van der Waals surface area contributed by atoms with E-state index >= 15 is 0 Å². The van der Waals surface area contributed by atoms with Gasteiger partial charge in [0.25, 0.3) is 0 Å². The zero-order chi connectivity index (χ0) is 64.6. The van der Waals surface area contributed by atoms with Crippen molar-refractivity contribution in [1.82, 2.24) is 5.32 Å². The first kappa shape index (κ1) is 84.9. The Morgan fingerprint density at radius 3 is 1.09 bits per heavy atom. The molecule has 1 aliphatic heterocycles. The van der Waals surface area contributed by atoms with Gasteiger partial charge in [0.05, 0.1) is 25.4 Å². The Bertz CT molecular complexity index is 1590. The minimum absolute atomic E-state index is 0.128. The fourth-order valence-corrected chi connectivity index (χ4v) is 12.4. The Balaban J connectivity index is 2.48. The number of unbranched alkanes of at least 4 members (excludes halogenated alkanes) is 50. The average Bonchev–Trinajstić information content (AvgIpc) is 3.71. The van der Waals surface area contributed by atoms with E-state index in [0.717, 1.165) is 57.8 Å². The van der Waals surface area contributed by atoms with Crippen LogP contribution in [0.5, 0.6) is 0 Å². The smallest absolute Gasteiger partial charge is 0.306 e. The number of aliphatic hydroxyl groups is 5. The van der Waals surface area contributed by atoms with Gasteiger partial charge in [0.15, 0.2) is 12.4 Å². The van der Waals surface area contributed by atoms with Crippen LogP contribution in [0.3, 0.4) is 0 Å². The summed E-state index contributed by atoms with van der Waals surface area (Å²) < 4.78 is 17.7. The lowest BCUT2D eigenvalue weighted by molar-refractivity contribution is -0.305. The van der Waals surface area contributed by atoms with Crippen molar-refractivity contribution in [2.75, 3.05) is 13.2 Å². The van der Waals surface area contributed by atoms with Gasteiger partial charge in [0.2, 0.25) is 5.91 Å². The highest BCUT2D eigenvalue weighted by molar-refractivity contribution is 5.80. The Morgan fingerprint density at radius 2 is 0.742 bits per heavy atom. The molecule has 1 amide bonds. The molecular weight excluding hydrogens is 1110 g/mol. The molecule has 0 aromatic carbocycles. The van der Waals surface area contributed by atoms with Crippen LogP contribution in [0.25, 0.3) is 0 Å². The second-order valence-electron chi connectivity index (χ2n) is 27.1. The van der Waals surface area contributed by atoms with E-state index in [1.165, 1.54) is 283 Å². The molecule has 1 fully saturated rings. The molecular formula is C78H147NO10. The maximum absolute atomic E-state index is 13.5. The lowest BCUT2D eigenvalue weighted by Crippen LogP contribution is -2.61. The summed E-state index contributed by atoms with van der Waals surface area (Å²) in [4.78, 5) is 26.7. The van der Waals surface area contributed by atoms with E-state index in [4.69, 9.17) is 14.2 Å². The number of hydrogen-bond donors (Lipinski definition) is 6. The van der Waals surface area contributed by atoms with E-state index in [1.807, 2.05) is 6.08 Å². The maximum atomic E-state index is 13.5. The van der Waals surface area contributed by atoms with Gasteiger partial charge in [0, 0.05) is 6.42 Å². The number of amides is 1. The summed E-state index contributed by atoms with van der Waals surface area (Å²) in [6.45, 7) is 5.84. The predicted octanol–water partition coefficient (Wildman–Crippen LogP) is 20.5. The van der Waals surface area contributed by atoms with Crippen LogP contribution in [0.15, 0.2) is 36.5 Å². The lowest BCUT2D eigenvalue weighted by Gasteiger charge is -2.41. The molecule has 0 radical (unpaired) electrons. The number of ether oxygens (including phenoxy) is 3.